The summed E-state index contributed by atoms with van der Waals surface area (Å²) in [6, 6.07) is 8.64. The predicted molar refractivity (Wildman–Crippen MR) is 118 cm³/mol. The van der Waals surface area contributed by atoms with Gasteiger partial charge in [0.1, 0.15) is 11.5 Å². The summed E-state index contributed by atoms with van der Waals surface area (Å²) in [6.07, 6.45) is -9.76. The van der Waals surface area contributed by atoms with E-state index in [4.69, 9.17) is 0 Å². The molecule has 0 aliphatic heterocycles. The van der Waals surface area contributed by atoms with Crippen LogP contribution < -0.4 is 14.2 Å². The van der Waals surface area contributed by atoms with Gasteiger partial charge in [-0.3, -0.25) is 0 Å². The van der Waals surface area contributed by atoms with Crippen molar-refractivity contribution >= 4 is 0 Å². The van der Waals surface area contributed by atoms with E-state index in [-0.39, 0.29) is 12.1 Å². The number of hydrogen-bond donors (Lipinski definition) is 0. The average Bonchev–Trinajstić information content (AvgIpc) is 2.81. The third-order valence-electron chi connectivity index (χ3n) is 5.23. The van der Waals surface area contributed by atoms with E-state index in [9.17, 15) is 39.5 Å². The fraction of sp³-hybridized carbons (Fsp3) is 0.308. The van der Waals surface area contributed by atoms with Crippen molar-refractivity contribution in [3.63, 3.8) is 0 Å². The molecule has 0 saturated heterocycles. The second kappa shape index (κ2) is 11.4. The Hall–Kier alpha value is -3.57. The van der Waals surface area contributed by atoms with Crippen molar-refractivity contribution in [3.05, 3.63) is 89.0 Å². The van der Waals surface area contributed by atoms with Crippen LogP contribution in [0.5, 0.6) is 17.2 Å². The smallest absolute Gasteiger partial charge is 0.429 e. The van der Waals surface area contributed by atoms with Crippen molar-refractivity contribution in [2.75, 3.05) is 0 Å². The maximum Gasteiger partial charge on any atom is 0.573 e. The number of unbranched alkanes of at least 4 members (excludes halogenated alkanes) is 2. The van der Waals surface area contributed by atoms with Crippen molar-refractivity contribution < 1.29 is 53.7 Å². The molecule has 206 valence electrons. The van der Waals surface area contributed by atoms with Crippen LogP contribution in [0.1, 0.15) is 42.9 Å². The minimum Gasteiger partial charge on any atom is -0.429 e. The van der Waals surface area contributed by atoms with E-state index in [1.54, 1.807) is 12.1 Å². The first-order chi connectivity index (χ1) is 17.7. The summed E-state index contributed by atoms with van der Waals surface area (Å²) in [7, 11) is 0. The number of ether oxygens (including phenoxy) is 3. The summed E-state index contributed by atoms with van der Waals surface area (Å²) in [5.41, 5.74) is -0.482. The van der Waals surface area contributed by atoms with Gasteiger partial charge in [-0.25, -0.2) is 8.78 Å². The Bertz CT molecular complexity index is 1190. The summed E-state index contributed by atoms with van der Waals surface area (Å²) >= 11 is 0. The van der Waals surface area contributed by atoms with Gasteiger partial charge in [-0.05, 0) is 54.8 Å². The van der Waals surface area contributed by atoms with Gasteiger partial charge < -0.3 is 14.2 Å². The first-order valence-electron chi connectivity index (χ1n) is 11.3. The maximum absolute atomic E-state index is 14.6. The van der Waals surface area contributed by atoms with Crippen LogP contribution in [0, 0.1) is 11.6 Å². The van der Waals surface area contributed by atoms with Gasteiger partial charge in [-0.15, -0.1) is 13.2 Å². The highest BCUT2D eigenvalue weighted by molar-refractivity contribution is 5.36. The van der Waals surface area contributed by atoms with Gasteiger partial charge in [0.15, 0.2) is 11.6 Å². The molecule has 0 aliphatic rings. The van der Waals surface area contributed by atoms with Crippen molar-refractivity contribution in [1.82, 2.24) is 0 Å². The van der Waals surface area contributed by atoms with E-state index in [0.29, 0.717) is 12.1 Å². The number of hydrogen-bond acceptors (Lipinski definition) is 3. The summed E-state index contributed by atoms with van der Waals surface area (Å²) in [5.74, 6) is -7.33. The Morgan fingerprint density at radius 2 is 1.08 bits per heavy atom. The van der Waals surface area contributed by atoms with Gasteiger partial charge in [-0.2, -0.15) is 17.6 Å². The zero-order valence-electron chi connectivity index (χ0n) is 19.7. The lowest BCUT2D eigenvalue weighted by molar-refractivity contribution is -0.276. The molecule has 38 heavy (non-hydrogen) atoms. The minimum atomic E-state index is -5.42. The molecule has 12 heteroatoms. The second-order valence-electron chi connectivity index (χ2n) is 8.18. The van der Waals surface area contributed by atoms with Crippen molar-refractivity contribution in [3.8, 4) is 17.2 Å². The molecule has 3 rings (SSSR count). The topological polar surface area (TPSA) is 27.7 Å². The molecule has 0 aromatic heterocycles. The summed E-state index contributed by atoms with van der Waals surface area (Å²) in [6.45, 7) is 2.04. The van der Waals surface area contributed by atoms with Crippen LogP contribution in [-0.2, 0) is 18.6 Å². The van der Waals surface area contributed by atoms with Crippen LogP contribution in [-0.4, -0.2) is 6.36 Å². The van der Waals surface area contributed by atoms with Gasteiger partial charge in [0, 0.05) is 12.1 Å². The van der Waals surface area contributed by atoms with Crippen molar-refractivity contribution in [2.45, 2.75) is 51.2 Å². The third-order valence-corrected chi connectivity index (χ3v) is 5.23. The summed E-state index contributed by atoms with van der Waals surface area (Å²) in [5, 5.41) is 0. The molecule has 0 heterocycles. The molecule has 0 unspecified atom stereocenters. The fourth-order valence-electron chi connectivity index (χ4n) is 3.38. The zero-order valence-corrected chi connectivity index (χ0v) is 19.7. The predicted octanol–water partition coefficient (Wildman–Crippen LogP) is 8.85. The summed E-state index contributed by atoms with van der Waals surface area (Å²) < 4.78 is 134. The van der Waals surface area contributed by atoms with Crippen LogP contribution in [0.4, 0.5) is 39.5 Å². The molecule has 3 aromatic rings. The van der Waals surface area contributed by atoms with E-state index < -0.39 is 58.6 Å². The number of alkyl halides is 7. The van der Waals surface area contributed by atoms with Gasteiger partial charge in [-0.1, -0.05) is 31.9 Å². The Morgan fingerprint density at radius 1 is 0.605 bits per heavy atom. The van der Waals surface area contributed by atoms with Crippen LogP contribution in [0.3, 0.4) is 0 Å². The van der Waals surface area contributed by atoms with Gasteiger partial charge in [0.25, 0.3) is 0 Å². The Labute approximate surface area is 211 Å². The lowest BCUT2D eigenvalue weighted by atomic mass is 10.1. The normalized spacial score (nSPS) is 12.4. The Balaban J connectivity index is 1.69. The van der Waals surface area contributed by atoms with Crippen molar-refractivity contribution in [2.24, 2.45) is 0 Å². The monoisotopic (exact) mass is 552 g/mol. The lowest BCUT2D eigenvalue weighted by Gasteiger charge is -2.21. The average molecular weight is 552 g/mol. The molecule has 3 nitrogen and oxygen atoms in total. The van der Waals surface area contributed by atoms with E-state index in [0.717, 1.165) is 43.4 Å². The molecule has 0 N–H and O–H groups in total. The molecule has 0 bridgehead atoms. The first kappa shape index (κ1) is 29.0. The number of benzene rings is 3. The first-order valence-corrected chi connectivity index (χ1v) is 11.3. The van der Waals surface area contributed by atoms with Crippen LogP contribution in [0.25, 0.3) is 0 Å². The fourth-order valence-corrected chi connectivity index (χ4v) is 3.38. The molecule has 0 spiro atoms. The molecule has 0 aliphatic carbocycles. The second-order valence-corrected chi connectivity index (χ2v) is 8.18. The molecule has 0 atom stereocenters. The standard InChI is InChI=1S/C26H21F9O3/c1-2-3-4-5-16-6-8-17(9-7-16)24(29,30)36-19-12-10-18(11-13-19)25(31,32)37-20-14-21(27)23(22(28)15-20)38-26(33,34)35/h6-15H,2-5H2,1H3. The van der Waals surface area contributed by atoms with E-state index in [2.05, 4.69) is 14.2 Å². The van der Waals surface area contributed by atoms with Crippen LogP contribution in [0.2, 0.25) is 0 Å². The number of halogens is 9. The molecule has 0 fully saturated rings. The van der Waals surface area contributed by atoms with Crippen LogP contribution in [0.15, 0.2) is 60.7 Å². The molecule has 0 saturated carbocycles. The molecular formula is C26H21F9O3. The number of aryl methyl sites for hydroxylation is 1. The van der Waals surface area contributed by atoms with E-state index >= 15 is 0 Å². The van der Waals surface area contributed by atoms with Gasteiger partial charge in [0.05, 0.1) is 11.1 Å². The third kappa shape index (κ3) is 7.72. The SMILES string of the molecule is CCCCCc1ccc(C(F)(F)Oc2ccc(C(F)(F)Oc3cc(F)c(OC(F)(F)F)c(F)c3)cc2)cc1. The largest absolute Gasteiger partial charge is 0.573 e. The highest BCUT2D eigenvalue weighted by Gasteiger charge is 2.38. The van der Waals surface area contributed by atoms with Gasteiger partial charge in [0.2, 0.25) is 5.75 Å². The molecule has 3 aromatic carbocycles. The maximum atomic E-state index is 14.6. The Morgan fingerprint density at radius 3 is 1.55 bits per heavy atom. The molecule has 0 amide bonds. The highest BCUT2D eigenvalue weighted by atomic mass is 19.4. The number of rotatable bonds is 11. The van der Waals surface area contributed by atoms with Crippen LogP contribution >= 0.6 is 0 Å². The van der Waals surface area contributed by atoms with E-state index in [1.165, 1.54) is 12.1 Å². The highest BCUT2D eigenvalue weighted by Crippen LogP contribution is 2.38. The van der Waals surface area contributed by atoms with Gasteiger partial charge >= 0.3 is 18.6 Å². The Kier molecular flexibility index (Phi) is 8.73. The van der Waals surface area contributed by atoms with E-state index in [1.807, 2.05) is 6.92 Å². The van der Waals surface area contributed by atoms with Crippen molar-refractivity contribution in [1.29, 1.82) is 0 Å². The lowest BCUT2D eigenvalue weighted by Crippen LogP contribution is -2.23. The summed E-state index contributed by atoms with van der Waals surface area (Å²) in [4.78, 5) is 0. The zero-order chi connectivity index (χ0) is 28.1. The quantitative estimate of drug-likeness (QED) is 0.176. The molecular weight excluding hydrogens is 531 g/mol. The molecule has 0 radical (unpaired) electrons. The minimum absolute atomic E-state index is 0.0746.